The third kappa shape index (κ3) is 1.63. The molecule has 1 aliphatic carbocycles. The van der Waals surface area contributed by atoms with Crippen LogP contribution in [0.2, 0.25) is 0 Å². The fraction of sp³-hybridized carbons (Fsp3) is 0.308. The summed E-state index contributed by atoms with van der Waals surface area (Å²) in [5, 5.41) is 9.21. The Morgan fingerprint density at radius 1 is 1.56 bits per heavy atom. The number of hydrogen-bond donors (Lipinski definition) is 2. The Morgan fingerprint density at radius 2 is 2.31 bits per heavy atom. The summed E-state index contributed by atoms with van der Waals surface area (Å²) in [6.07, 6.45) is 4.31. The lowest BCUT2D eigenvalue weighted by Gasteiger charge is -2.27. The minimum atomic E-state index is -0.610. The average molecular weight is 217 g/mol. The van der Waals surface area contributed by atoms with E-state index in [4.69, 9.17) is 5.73 Å². The second-order valence-corrected chi connectivity index (χ2v) is 4.44. The van der Waals surface area contributed by atoms with E-state index in [-0.39, 0.29) is 12.5 Å². The van der Waals surface area contributed by atoms with E-state index in [1.54, 1.807) is 0 Å². The second-order valence-electron chi connectivity index (χ2n) is 4.44. The zero-order valence-corrected chi connectivity index (χ0v) is 9.23. The van der Waals surface area contributed by atoms with Crippen molar-refractivity contribution < 1.29 is 9.90 Å². The third-order valence-electron chi connectivity index (χ3n) is 3.20. The van der Waals surface area contributed by atoms with Crippen LogP contribution >= 0.6 is 0 Å². The van der Waals surface area contributed by atoms with Crippen LogP contribution in [0.15, 0.2) is 24.3 Å². The summed E-state index contributed by atoms with van der Waals surface area (Å²) in [6.45, 7) is 1.85. The minimum Gasteiger partial charge on any atom is -0.392 e. The summed E-state index contributed by atoms with van der Waals surface area (Å²) in [5.41, 5.74) is 7.75. The van der Waals surface area contributed by atoms with Crippen molar-refractivity contribution in [2.24, 2.45) is 11.1 Å². The molecule has 1 aromatic carbocycles. The van der Waals surface area contributed by atoms with Gasteiger partial charge in [-0.3, -0.25) is 4.79 Å². The highest BCUT2D eigenvalue weighted by Gasteiger charge is 2.31. The first-order chi connectivity index (χ1) is 7.57. The van der Waals surface area contributed by atoms with Crippen molar-refractivity contribution in [3.8, 4) is 0 Å². The Labute approximate surface area is 94.6 Å². The molecule has 0 saturated heterocycles. The Balaban J connectivity index is 2.47. The van der Waals surface area contributed by atoms with Crippen molar-refractivity contribution in [1.29, 1.82) is 0 Å². The molecule has 2 rings (SSSR count). The summed E-state index contributed by atoms with van der Waals surface area (Å²) in [6, 6.07) is 5.75. The summed E-state index contributed by atoms with van der Waals surface area (Å²) in [5.74, 6) is -0.316. The van der Waals surface area contributed by atoms with Gasteiger partial charge in [-0.15, -0.1) is 0 Å². The molecule has 0 bridgehead atoms. The van der Waals surface area contributed by atoms with Gasteiger partial charge in [-0.2, -0.15) is 0 Å². The number of benzene rings is 1. The predicted molar refractivity (Wildman–Crippen MR) is 62.4 cm³/mol. The fourth-order valence-electron chi connectivity index (χ4n) is 2.06. The van der Waals surface area contributed by atoms with Crippen LogP contribution < -0.4 is 5.73 Å². The number of nitrogens with two attached hydrogens (primary N) is 1. The standard InChI is InChI=1S/C13H15NO2/c1-13(12(14)16)6-5-11-9(7-13)3-2-4-10(11)8-15/h2-6,15H,7-8H2,1H3,(H2,14,16). The van der Waals surface area contributed by atoms with Crippen molar-refractivity contribution >= 4 is 12.0 Å². The highest BCUT2D eigenvalue weighted by Crippen LogP contribution is 2.33. The number of amides is 1. The number of aliphatic hydroxyl groups is 1. The van der Waals surface area contributed by atoms with Gasteiger partial charge in [-0.1, -0.05) is 30.4 Å². The van der Waals surface area contributed by atoms with Crippen LogP contribution in [-0.4, -0.2) is 11.0 Å². The van der Waals surface area contributed by atoms with Crippen LogP contribution in [0.4, 0.5) is 0 Å². The molecule has 0 heterocycles. The van der Waals surface area contributed by atoms with Crippen LogP contribution in [-0.2, 0) is 17.8 Å². The van der Waals surface area contributed by atoms with Crippen molar-refractivity contribution in [3.63, 3.8) is 0 Å². The maximum atomic E-state index is 11.4. The predicted octanol–water partition coefficient (Wildman–Crippen LogP) is 1.24. The van der Waals surface area contributed by atoms with Gasteiger partial charge in [0.15, 0.2) is 0 Å². The van der Waals surface area contributed by atoms with E-state index in [2.05, 4.69) is 0 Å². The first-order valence-electron chi connectivity index (χ1n) is 5.27. The highest BCUT2D eigenvalue weighted by atomic mass is 16.3. The summed E-state index contributed by atoms with van der Waals surface area (Å²) in [7, 11) is 0. The number of carbonyl (C=O) groups is 1. The SMILES string of the molecule is CC1(C(N)=O)C=Cc2c(CO)cccc2C1. The molecular formula is C13H15NO2. The minimum absolute atomic E-state index is 0.0147. The summed E-state index contributed by atoms with van der Waals surface area (Å²) < 4.78 is 0. The van der Waals surface area contributed by atoms with E-state index in [1.165, 1.54) is 0 Å². The zero-order valence-electron chi connectivity index (χ0n) is 9.23. The van der Waals surface area contributed by atoms with Crippen molar-refractivity contribution in [2.75, 3.05) is 0 Å². The molecule has 3 N–H and O–H groups in total. The van der Waals surface area contributed by atoms with E-state index in [0.717, 1.165) is 16.7 Å². The number of fused-ring (bicyclic) bond motifs is 1. The average Bonchev–Trinajstić information content (AvgIpc) is 2.27. The molecule has 16 heavy (non-hydrogen) atoms. The van der Waals surface area contributed by atoms with Gasteiger partial charge in [-0.05, 0) is 30.0 Å². The molecule has 0 aromatic heterocycles. The molecule has 0 aliphatic heterocycles. The quantitative estimate of drug-likeness (QED) is 0.782. The first-order valence-corrected chi connectivity index (χ1v) is 5.27. The summed E-state index contributed by atoms with van der Waals surface area (Å²) >= 11 is 0. The molecule has 1 unspecified atom stereocenters. The highest BCUT2D eigenvalue weighted by molar-refractivity contribution is 5.85. The molecule has 3 heteroatoms. The molecule has 0 radical (unpaired) electrons. The lowest BCUT2D eigenvalue weighted by molar-refractivity contribution is -0.124. The molecule has 84 valence electrons. The van der Waals surface area contributed by atoms with Gasteiger partial charge in [0.25, 0.3) is 0 Å². The number of carbonyl (C=O) groups excluding carboxylic acids is 1. The Bertz CT molecular complexity index is 465. The van der Waals surface area contributed by atoms with E-state index in [9.17, 15) is 9.90 Å². The zero-order chi connectivity index (χ0) is 11.8. The normalized spacial score (nSPS) is 22.9. The van der Waals surface area contributed by atoms with Crippen LogP contribution in [0.5, 0.6) is 0 Å². The van der Waals surface area contributed by atoms with E-state index in [1.807, 2.05) is 37.3 Å². The third-order valence-corrected chi connectivity index (χ3v) is 3.20. The van der Waals surface area contributed by atoms with Crippen LogP contribution in [0, 0.1) is 5.41 Å². The van der Waals surface area contributed by atoms with Gasteiger partial charge in [0.2, 0.25) is 5.91 Å². The van der Waals surface area contributed by atoms with Crippen LogP contribution in [0.25, 0.3) is 6.08 Å². The van der Waals surface area contributed by atoms with E-state index in [0.29, 0.717) is 6.42 Å². The number of aliphatic hydroxyl groups excluding tert-OH is 1. The Morgan fingerprint density at radius 3 is 2.94 bits per heavy atom. The topological polar surface area (TPSA) is 63.3 Å². The number of primary amides is 1. The number of hydrogen-bond acceptors (Lipinski definition) is 2. The second kappa shape index (κ2) is 3.76. The lowest BCUT2D eigenvalue weighted by Crippen LogP contribution is -2.36. The smallest absolute Gasteiger partial charge is 0.227 e. The lowest BCUT2D eigenvalue weighted by atomic mass is 9.76. The molecule has 0 saturated carbocycles. The van der Waals surface area contributed by atoms with Crippen molar-refractivity contribution in [2.45, 2.75) is 20.0 Å². The van der Waals surface area contributed by atoms with Crippen molar-refractivity contribution in [1.82, 2.24) is 0 Å². The molecule has 1 atom stereocenters. The molecule has 0 spiro atoms. The van der Waals surface area contributed by atoms with Gasteiger partial charge < -0.3 is 10.8 Å². The van der Waals surface area contributed by atoms with E-state index >= 15 is 0 Å². The van der Waals surface area contributed by atoms with Gasteiger partial charge in [0.1, 0.15) is 0 Å². The molecule has 1 aliphatic rings. The van der Waals surface area contributed by atoms with Crippen LogP contribution in [0.3, 0.4) is 0 Å². The van der Waals surface area contributed by atoms with Gasteiger partial charge in [0.05, 0.1) is 12.0 Å². The van der Waals surface area contributed by atoms with Gasteiger partial charge in [-0.25, -0.2) is 0 Å². The largest absolute Gasteiger partial charge is 0.392 e. The maximum absolute atomic E-state index is 11.4. The van der Waals surface area contributed by atoms with Gasteiger partial charge >= 0.3 is 0 Å². The van der Waals surface area contributed by atoms with Gasteiger partial charge in [0, 0.05) is 0 Å². The Hall–Kier alpha value is -1.61. The monoisotopic (exact) mass is 217 g/mol. The molecule has 1 aromatic rings. The molecule has 3 nitrogen and oxygen atoms in total. The molecule has 0 fully saturated rings. The number of rotatable bonds is 2. The van der Waals surface area contributed by atoms with Crippen LogP contribution in [0.1, 0.15) is 23.6 Å². The molecule has 1 amide bonds. The first kappa shape index (κ1) is 10.9. The fourth-order valence-corrected chi connectivity index (χ4v) is 2.06. The molecular weight excluding hydrogens is 202 g/mol. The Kier molecular flexibility index (Phi) is 2.56. The van der Waals surface area contributed by atoms with Crippen molar-refractivity contribution in [3.05, 3.63) is 41.0 Å². The van der Waals surface area contributed by atoms with E-state index < -0.39 is 5.41 Å². The maximum Gasteiger partial charge on any atom is 0.227 e. The summed E-state index contributed by atoms with van der Waals surface area (Å²) in [4.78, 5) is 11.4.